The first-order valence-electron chi connectivity index (χ1n) is 7.33. The molecule has 0 unspecified atom stereocenters. The predicted octanol–water partition coefficient (Wildman–Crippen LogP) is 1.46. The highest BCUT2D eigenvalue weighted by molar-refractivity contribution is 5.73. The molecule has 0 radical (unpaired) electrons. The van der Waals surface area contributed by atoms with Gasteiger partial charge in [0.1, 0.15) is 0 Å². The second-order valence-corrected chi connectivity index (χ2v) is 4.87. The molecule has 0 aliphatic carbocycles. The van der Waals surface area contributed by atoms with E-state index < -0.39 is 5.97 Å². The Morgan fingerprint density at radius 2 is 2.22 bits per heavy atom. The predicted molar refractivity (Wildman–Crippen MR) is 83.7 cm³/mol. The quantitative estimate of drug-likeness (QED) is 0.754. The number of esters is 1. The van der Waals surface area contributed by atoms with Gasteiger partial charge in [-0.05, 0) is 25.1 Å². The minimum Gasteiger partial charge on any atom is -0.466 e. The van der Waals surface area contributed by atoms with Gasteiger partial charge in [-0.3, -0.25) is 14.6 Å². The van der Waals surface area contributed by atoms with Crippen LogP contribution in [0.1, 0.15) is 23.7 Å². The number of nitriles is 1. The topological polar surface area (TPSA) is 85.0 Å². The highest BCUT2D eigenvalue weighted by Crippen LogP contribution is 2.05. The van der Waals surface area contributed by atoms with Crippen molar-refractivity contribution in [2.75, 3.05) is 6.61 Å². The zero-order valence-corrected chi connectivity index (χ0v) is 12.9. The van der Waals surface area contributed by atoms with Crippen LogP contribution in [0.15, 0.2) is 41.5 Å². The zero-order valence-electron chi connectivity index (χ0n) is 12.9. The molecule has 0 bridgehead atoms. The van der Waals surface area contributed by atoms with Crippen LogP contribution in [0.25, 0.3) is 0 Å². The minimum atomic E-state index is -0.511. The van der Waals surface area contributed by atoms with Gasteiger partial charge in [-0.1, -0.05) is 6.07 Å². The summed E-state index contributed by atoms with van der Waals surface area (Å²) >= 11 is 0. The van der Waals surface area contributed by atoms with Gasteiger partial charge in [-0.25, -0.2) is 0 Å². The van der Waals surface area contributed by atoms with Crippen LogP contribution in [0.4, 0.5) is 0 Å². The van der Waals surface area contributed by atoms with Crippen molar-refractivity contribution in [1.29, 1.82) is 5.26 Å². The molecule has 0 aliphatic rings. The Bertz CT molecular complexity index is 776. The lowest BCUT2D eigenvalue weighted by Crippen LogP contribution is -2.27. The molecule has 6 nitrogen and oxygen atoms in total. The van der Waals surface area contributed by atoms with Crippen molar-refractivity contribution in [2.45, 2.75) is 26.3 Å². The van der Waals surface area contributed by atoms with Gasteiger partial charge >= 0.3 is 5.97 Å². The molecule has 0 atom stereocenters. The van der Waals surface area contributed by atoms with Crippen molar-refractivity contribution < 1.29 is 9.53 Å². The van der Waals surface area contributed by atoms with Gasteiger partial charge in [0.2, 0.25) is 0 Å². The average molecular weight is 311 g/mol. The Morgan fingerprint density at radius 3 is 2.87 bits per heavy atom. The van der Waals surface area contributed by atoms with E-state index in [-0.39, 0.29) is 29.7 Å². The smallest absolute Gasteiger partial charge is 0.310 e. The molecule has 0 aliphatic heterocycles. The van der Waals surface area contributed by atoms with Gasteiger partial charge in [0.25, 0.3) is 5.56 Å². The highest BCUT2D eigenvalue weighted by Gasteiger charge is 2.15. The van der Waals surface area contributed by atoms with Gasteiger partial charge in [0.05, 0.1) is 24.7 Å². The minimum absolute atomic E-state index is 0.175. The summed E-state index contributed by atoms with van der Waals surface area (Å²) in [5, 5.41) is 9.12. The molecular weight excluding hydrogens is 294 g/mol. The molecule has 2 aromatic heterocycles. The van der Waals surface area contributed by atoms with Crippen molar-refractivity contribution in [3.8, 4) is 6.07 Å². The first-order chi connectivity index (χ1) is 11.2. The van der Waals surface area contributed by atoms with Crippen LogP contribution in [-0.4, -0.2) is 22.1 Å². The number of carbonyl (C=O) groups is 1. The van der Waals surface area contributed by atoms with Gasteiger partial charge in [0, 0.05) is 36.6 Å². The van der Waals surface area contributed by atoms with Crippen molar-refractivity contribution in [3.63, 3.8) is 0 Å². The zero-order chi connectivity index (χ0) is 16.7. The van der Waals surface area contributed by atoms with E-state index in [2.05, 4.69) is 4.98 Å². The van der Waals surface area contributed by atoms with Crippen molar-refractivity contribution in [3.05, 3.63) is 63.8 Å². The van der Waals surface area contributed by atoms with Crippen LogP contribution in [0.2, 0.25) is 0 Å². The summed E-state index contributed by atoms with van der Waals surface area (Å²) in [6.07, 6.45) is 3.66. The lowest BCUT2D eigenvalue weighted by atomic mass is 10.1. The van der Waals surface area contributed by atoms with E-state index in [0.29, 0.717) is 13.0 Å². The standard InChI is InChI=1S/C17H17N3O3/c1-2-23-16(21)11-15-13(12-18)6-9-20(17(15)22)10-7-14-5-3-4-8-19-14/h3-6,8-9H,2,7,10-11H2,1H3. The van der Waals surface area contributed by atoms with Gasteiger partial charge in [0.15, 0.2) is 0 Å². The molecule has 0 saturated heterocycles. The van der Waals surface area contributed by atoms with E-state index >= 15 is 0 Å². The van der Waals surface area contributed by atoms with Gasteiger partial charge in [-0.15, -0.1) is 0 Å². The number of ether oxygens (including phenoxy) is 1. The fourth-order valence-electron chi connectivity index (χ4n) is 2.21. The average Bonchev–Trinajstić information content (AvgIpc) is 2.57. The summed E-state index contributed by atoms with van der Waals surface area (Å²) in [4.78, 5) is 28.3. The molecule has 0 N–H and O–H groups in total. The molecule has 2 aromatic rings. The molecule has 0 amide bonds. The van der Waals surface area contributed by atoms with Crippen LogP contribution in [0.3, 0.4) is 0 Å². The lowest BCUT2D eigenvalue weighted by Gasteiger charge is -2.09. The molecule has 118 valence electrons. The normalized spacial score (nSPS) is 10.1. The van der Waals surface area contributed by atoms with Gasteiger partial charge < -0.3 is 9.30 Å². The van der Waals surface area contributed by atoms with E-state index in [0.717, 1.165) is 5.69 Å². The Kier molecular flexibility index (Phi) is 5.64. The molecule has 23 heavy (non-hydrogen) atoms. The third-order valence-corrected chi connectivity index (χ3v) is 3.35. The van der Waals surface area contributed by atoms with Crippen molar-refractivity contribution >= 4 is 5.97 Å². The highest BCUT2D eigenvalue weighted by atomic mass is 16.5. The van der Waals surface area contributed by atoms with Crippen LogP contribution < -0.4 is 5.56 Å². The van der Waals surface area contributed by atoms with Crippen LogP contribution >= 0.6 is 0 Å². The molecule has 2 heterocycles. The second kappa shape index (κ2) is 7.90. The Hall–Kier alpha value is -2.94. The van der Waals surface area contributed by atoms with E-state index in [1.807, 2.05) is 24.3 Å². The first kappa shape index (κ1) is 16.4. The third kappa shape index (κ3) is 4.27. The molecule has 0 spiro atoms. The molecule has 2 rings (SSSR count). The molecule has 0 fully saturated rings. The number of hydrogen-bond acceptors (Lipinski definition) is 5. The lowest BCUT2D eigenvalue weighted by molar-refractivity contribution is -0.142. The third-order valence-electron chi connectivity index (χ3n) is 3.35. The fourth-order valence-corrected chi connectivity index (χ4v) is 2.21. The summed E-state index contributed by atoms with van der Waals surface area (Å²) < 4.78 is 6.35. The van der Waals surface area contributed by atoms with E-state index in [4.69, 9.17) is 10.00 Å². The van der Waals surface area contributed by atoms with Crippen LogP contribution in [0.5, 0.6) is 0 Å². The van der Waals surface area contributed by atoms with Crippen LogP contribution in [-0.2, 0) is 28.9 Å². The number of aryl methyl sites for hydroxylation is 2. The van der Waals surface area contributed by atoms with Crippen LogP contribution in [0, 0.1) is 11.3 Å². The van der Waals surface area contributed by atoms with Gasteiger partial charge in [-0.2, -0.15) is 5.26 Å². The Balaban J connectivity index is 2.23. The van der Waals surface area contributed by atoms with E-state index in [1.54, 1.807) is 25.4 Å². The molecule has 0 saturated carbocycles. The molecular formula is C17H17N3O3. The number of aromatic nitrogens is 2. The Morgan fingerprint density at radius 1 is 1.39 bits per heavy atom. The van der Waals surface area contributed by atoms with Crippen molar-refractivity contribution in [1.82, 2.24) is 9.55 Å². The number of hydrogen-bond donors (Lipinski definition) is 0. The summed E-state index contributed by atoms with van der Waals surface area (Å²) in [5.74, 6) is -0.511. The monoisotopic (exact) mass is 311 g/mol. The Labute approximate surface area is 134 Å². The summed E-state index contributed by atoms with van der Waals surface area (Å²) in [6, 6.07) is 9.10. The number of carbonyl (C=O) groups excluding carboxylic acids is 1. The summed E-state index contributed by atoms with van der Waals surface area (Å²) in [7, 11) is 0. The molecule has 6 heteroatoms. The SMILES string of the molecule is CCOC(=O)Cc1c(C#N)ccn(CCc2ccccn2)c1=O. The van der Waals surface area contributed by atoms with E-state index in [1.165, 1.54) is 4.57 Å². The number of nitrogens with zero attached hydrogens (tertiary/aromatic N) is 3. The van der Waals surface area contributed by atoms with Crippen molar-refractivity contribution in [2.24, 2.45) is 0 Å². The maximum atomic E-state index is 12.5. The molecule has 0 aromatic carbocycles. The largest absolute Gasteiger partial charge is 0.466 e. The number of pyridine rings is 2. The second-order valence-electron chi connectivity index (χ2n) is 4.87. The summed E-state index contributed by atoms with van der Waals surface area (Å²) in [5.41, 5.74) is 0.912. The maximum Gasteiger partial charge on any atom is 0.310 e. The number of rotatable bonds is 6. The maximum absolute atomic E-state index is 12.5. The first-order valence-corrected chi connectivity index (χ1v) is 7.33. The van der Waals surface area contributed by atoms with E-state index in [9.17, 15) is 9.59 Å². The fraction of sp³-hybridized carbons (Fsp3) is 0.294. The summed E-state index contributed by atoms with van der Waals surface area (Å²) in [6.45, 7) is 2.36.